The molecule has 0 aliphatic heterocycles. The maximum atomic E-state index is 12.9. The molecule has 0 unspecified atom stereocenters. The molecule has 4 rings (SSSR count). The normalized spacial score (nSPS) is 11.5. The Morgan fingerprint density at radius 1 is 1.06 bits per heavy atom. The third-order valence-electron chi connectivity index (χ3n) is 6.14. The lowest BCUT2D eigenvalue weighted by molar-refractivity contribution is -0.111. The van der Waals surface area contributed by atoms with Crippen molar-refractivity contribution in [2.75, 3.05) is 19.0 Å². The summed E-state index contributed by atoms with van der Waals surface area (Å²) in [5.74, 6) is 1.30. The lowest BCUT2D eigenvalue weighted by Gasteiger charge is -2.15. The fourth-order valence-electron chi connectivity index (χ4n) is 4.41. The maximum absolute atomic E-state index is 12.9. The molecule has 1 amide bonds. The van der Waals surface area contributed by atoms with Gasteiger partial charge in [-0.2, -0.15) is 0 Å². The van der Waals surface area contributed by atoms with Gasteiger partial charge >= 0.3 is 0 Å². The molecule has 0 saturated carbocycles. The molecule has 5 heteroatoms. The minimum Gasteiger partial charge on any atom is -0.496 e. The molecule has 180 valence electrons. The molecule has 35 heavy (non-hydrogen) atoms. The molecule has 1 aromatic heterocycles. The van der Waals surface area contributed by atoms with Crippen molar-refractivity contribution >= 4 is 28.1 Å². The van der Waals surface area contributed by atoms with Crippen molar-refractivity contribution in [3.05, 3.63) is 83.1 Å². The van der Waals surface area contributed by atoms with Crippen LogP contribution in [0.5, 0.6) is 11.5 Å². The van der Waals surface area contributed by atoms with E-state index in [1.807, 2.05) is 77.1 Å². The SMILES string of the molecule is CCOc1c(/C(C)=C/C(=O)Nc2ccc(C)cc2C)cc2c(-c3ccccc3OC)coc2c1C. The summed E-state index contributed by atoms with van der Waals surface area (Å²) in [5.41, 5.74) is 8.15. The molecule has 0 bridgehead atoms. The van der Waals surface area contributed by atoms with Gasteiger partial charge in [-0.25, -0.2) is 0 Å². The number of hydrogen-bond acceptors (Lipinski definition) is 4. The first-order valence-corrected chi connectivity index (χ1v) is 11.7. The summed E-state index contributed by atoms with van der Waals surface area (Å²) in [7, 11) is 1.66. The summed E-state index contributed by atoms with van der Waals surface area (Å²) in [5, 5.41) is 3.94. The van der Waals surface area contributed by atoms with E-state index in [-0.39, 0.29) is 5.91 Å². The Hall–Kier alpha value is -3.99. The van der Waals surface area contributed by atoms with Crippen LogP contribution >= 0.6 is 0 Å². The third kappa shape index (κ3) is 4.80. The van der Waals surface area contributed by atoms with Gasteiger partial charge in [0.15, 0.2) is 0 Å². The number of carbonyl (C=O) groups excluding carboxylic acids is 1. The number of rotatable bonds is 7. The summed E-state index contributed by atoms with van der Waals surface area (Å²) in [6.07, 6.45) is 3.37. The lowest BCUT2D eigenvalue weighted by Crippen LogP contribution is -2.10. The van der Waals surface area contributed by atoms with Gasteiger partial charge < -0.3 is 19.2 Å². The van der Waals surface area contributed by atoms with Crippen molar-refractivity contribution in [3.63, 3.8) is 0 Å². The van der Waals surface area contributed by atoms with E-state index in [2.05, 4.69) is 11.4 Å². The molecule has 4 aromatic rings. The molecular weight excluding hydrogens is 438 g/mol. The van der Waals surface area contributed by atoms with Gasteiger partial charge in [0.2, 0.25) is 5.91 Å². The highest BCUT2D eigenvalue weighted by atomic mass is 16.5. The van der Waals surface area contributed by atoms with E-state index in [1.54, 1.807) is 19.4 Å². The number of anilines is 1. The van der Waals surface area contributed by atoms with Gasteiger partial charge in [-0.1, -0.05) is 35.9 Å². The monoisotopic (exact) mass is 469 g/mol. The molecule has 3 aromatic carbocycles. The van der Waals surface area contributed by atoms with Crippen LogP contribution in [0.4, 0.5) is 5.69 Å². The van der Waals surface area contributed by atoms with Gasteiger partial charge in [-0.15, -0.1) is 0 Å². The van der Waals surface area contributed by atoms with E-state index >= 15 is 0 Å². The van der Waals surface area contributed by atoms with E-state index < -0.39 is 0 Å². The molecule has 5 nitrogen and oxygen atoms in total. The average molecular weight is 470 g/mol. The van der Waals surface area contributed by atoms with Crippen LogP contribution in [-0.2, 0) is 4.79 Å². The van der Waals surface area contributed by atoms with Crippen molar-refractivity contribution in [2.45, 2.75) is 34.6 Å². The van der Waals surface area contributed by atoms with Gasteiger partial charge in [0.25, 0.3) is 0 Å². The largest absolute Gasteiger partial charge is 0.496 e. The second-order valence-electron chi connectivity index (χ2n) is 8.67. The average Bonchev–Trinajstić information content (AvgIpc) is 3.26. The Labute approximate surface area is 206 Å². The lowest BCUT2D eigenvalue weighted by atomic mass is 9.96. The molecule has 0 atom stereocenters. The number of benzene rings is 3. The Kier molecular flexibility index (Phi) is 6.97. The Balaban J connectivity index is 1.80. The van der Waals surface area contributed by atoms with E-state index in [0.29, 0.717) is 12.4 Å². The van der Waals surface area contributed by atoms with E-state index in [4.69, 9.17) is 13.9 Å². The van der Waals surface area contributed by atoms with Gasteiger partial charge in [-0.05, 0) is 64.0 Å². The first-order chi connectivity index (χ1) is 16.8. The van der Waals surface area contributed by atoms with Gasteiger partial charge in [-0.3, -0.25) is 4.79 Å². The Morgan fingerprint density at radius 3 is 2.54 bits per heavy atom. The third-order valence-corrected chi connectivity index (χ3v) is 6.14. The van der Waals surface area contributed by atoms with E-state index in [9.17, 15) is 4.79 Å². The summed E-state index contributed by atoms with van der Waals surface area (Å²) < 4.78 is 17.6. The number of amides is 1. The van der Waals surface area contributed by atoms with Crippen LogP contribution in [0, 0.1) is 20.8 Å². The van der Waals surface area contributed by atoms with Gasteiger partial charge in [0.1, 0.15) is 17.1 Å². The molecule has 0 saturated heterocycles. The minimum atomic E-state index is -0.188. The van der Waals surface area contributed by atoms with Crippen LogP contribution in [0.15, 0.2) is 65.3 Å². The number of para-hydroxylation sites is 1. The fourth-order valence-corrected chi connectivity index (χ4v) is 4.41. The number of aryl methyl sites for hydroxylation is 3. The van der Waals surface area contributed by atoms with Crippen LogP contribution in [0.3, 0.4) is 0 Å². The zero-order chi connectivity index (χ0) is 25.1. The number of methoxy groups -OCH3 is 1. The van der Waals surface area contributed by atoms with Crippen molar-refractivity contribution in [2.24, 2.45) is 0 Å². The predicted molar refractivity (Wildman–Crippen MR) is 142 cm³/mol. The van der Waals surface area contributed by atoms with E-state index in [1.165, 1.54) is 0 Å². The number of fused-ring (bicyclic) bond motifs is 1. The Morgan fingerprint density at radius 2 is 1.83 bits per heavy atom. The smallest absolute Gasteiger partial charge is 0.248 e. The van der Waals surface area contributed by atoms with Crippen LogP contribution in [-0.4, -0.2) is 19.6 Å². The van der Waals surface area contributed by atoms with Gasteiger partial charge in [0, 0.05) is 39.4 Å². The highest BCUT2D eigenvalue weighted by Crippen LogP contribution is 2.42. The van der Waals surface area contributed by atoms with Gasteiger partial charge in [0.05, 0.1) is 20.0 Å². The number of carbonyl (C=O) groups is 1. The van der Waals surface area contributed by atoms with Crippen LogP contribution in [0.2, 0.25) is 0 Å². The highest BCUT2D eigenvalue weighted by molar-refractivity contribution is 6.06. The quantitative estimate of drug-likeness (QED) is 0.285. The number of allylic oxidation sites excluding steroid dienone is 1. The summed E-state index contributed by atoms with van der Waals surface area (Å²) in [6, 6.07) is 15.9. The molecule has 1 heterocycles. The second kappa shape index (κ2) is 10.1. The maximum Gasteiger partial charge on any atom is 0.248 e. The predicted octanol–water partition coefficient (Wildman–Crippen LogP) is 7.47. The summed E-state index contributed by atoms with van der Waals surface area (Å²) >= 11 is 0. The standard InChI is InChI=1S/C30H31NO4/c1-7-34-29-21(5)30-24(25(17-35-30)22-10-8-9-11-27(22)33-6)16-23(29)19(3)15-28(32)31-26-13-12-18(2)14-20(26)4/h8-17H,7H2,1-6H3,(H,31,32)/b19-15+. The number of nitrogens with one attached hydrogen (secondary N) is 1. The van der Waals surface area contributed by atoms with Crippen molar-refractivity contribution in [1.29, 1.82) is 0 Å². The topological polar surface area (TPSA) is 60.7 Å². The molecule has 0 radical (unpaired) electrons. The van der Waals surface area contributed by atoms with Crippen LogP contribution in [0.1, 0.15) is 36.1 Å². The Bertz CT molecular complexity index is 1430. The molecular formula is C30H31NO4. The molecule has 0 spiro atoms. The first kappa shape index (κ1) is 24.1. The van der Waals surface area contributed by atoms with Crippen molar-refractivity contribution in [1.82, 2.24) is 0 Å². The highest BCUT2D eigenvalue weighted by Gasteiger charge is 2.20. The first-order valence-electron chi connectivity index (χ1n) is 11.7. The summed E-state index contributed by atoms with van der Waals surface area (Å²) in [6.45, 7) is 10.4. The molecule has 1 N–H and O–H groups in total. The number of hydrogen-bond donors (Lipinski definition) is 1. The summed E-state index contributed by atoms with van der Waals surface area (Å²) in [4.78, 5) is 12.9. The molecule has 0 aliphatic carbocycles. The molecule has 0 aliphatic rings. The van der Waals surface area contributed by atoms with E-state index in [0.717, 1.165) is 61.4 Å². The number of furan rings is 1. The zero-order valence-electron chi connectivity index (χ0n) is 21.1. The molecule has 0 fully saturated rings. The van der Waals surface area contributed by atoms with Crippen molar-refractivity contribution < 1.29 is 18.7 Å². The van der Waals surface area contributed by atoms with Crippen LogP contribution < -0.4 is 14.8 Å². The minimum absolute atomic E-state index is 0.188. The fraction of sp³-hybridized carbons (Fsp3) is 0.233. The van der Waals surface area contributed by atoms with Crippen molar-refractivity contribution in [3.8, 4) is 22.6 Å². The second-order valence-corrected chi connectivity index (χ2v) is 8.67. The number of ether oxygens (including phenoxy) is 2. The van der Waals surface area contributed by atoms with Crippen LogP contribution in [0.25, 0.3) is 27.7 Å². The zero-order valence-corrected chi connectivity index (χ0v) is 21.1.